The van der Waals surface area contributed by atoms with Crippen LogP contribution in [0.25, 0.3) is 10.9 Å². The Balaban J connectivity index is 1.66. The van der Waals surface area contributed by atoms with Crippen LogP contribution in [0.4, 0.5) is 0 Å². The molecule has 0 saturated carbocycles. The van der Waals surface area contributed by atoms with E-state index in [1.807, 2.05) is 22.9 Å². The maximum atomic E-state index is 13.4. The van der Waals surface area contributed by atoms with Gasteiger partial charge in [-0.1, -0.05) is 6.92 Å². The van der Waals surface area contributed by atoms with E-state index in [4.69, 9.17) is 9.47 Å². The zero-order chi connectivity index (χ0) is 23.2. The zero-order valence-electron chi connectivity index (χ0n) is 19.2. The number of aromatic nitrogens is 5. The number of aliphatic hydroxyl groups is 1. The van der Waals surface area contributed by atoms with Gasteiger partial charge >= 0.3 is 0 Å². The average Bonchev–Trinajstić information content (AvgIpc) is 3.30. The van der Waals surface area contributed by atoms with E-state index in [-0.39, 0.29) is 17.2 Å². The largest absolute Gasteiger partial charge is 0.486 e. The number of piperidine rings is 1. The number of aliphatic hydroxyl groups excluding tert-OH is 1. The molecule has 5 rings (SSSR count). The van der Waals surface area contributed by atoms with Crippen molar-refractivity contribution in [3.05, 3.63) is 39.9 Å². The second-order valence-corrected chi connectivity index (χ2v) is 9.42. The van der Waals surface area contributed by atoms with E-state index in [0.29, 0.717) is 67.5 Å². The van der Waals surface area contributed by atoms with E-state index in [1.54, 1.807) is 0 Å². The Morgan fingerprint density at radius 1 is 1.18 bits per heavy atom. The Hall–Kier alpha value is -2.98. The van der Waals surface area contributed by atoms with E-state index >= 15 is 0 Å². The average molecular weight is 455 g/mol. The van der Waals surface area contributed by atoms with Crippen molar-refractivity contribution in [2.75, 3.05) is 26.3 Å². The zero-order valence-corrected chi connectivity index (χ0v) is 19.2. The summed E-state index contributed by atoms with van der Waals surface area (Å²) >= 11 is 0. The topological polar surface area (TPSA) is 118 Å². The van der Waals surface area contributed by atoms with Gasteiger partial charge in [0.25, 0.3) is 5.56 Å². The SMILES string of the molecule is CCC(C)(C)n1nnnc1C(c1cc2cc3c(cc2[nH]c1=O)OCCO3)N1CCC(O)CC1. The third-order valence-electron chi connectivity index (χ3n) is 6.87. The molecule has 0 radical (unpaired) electrons. The number of pyridine rings is 1. The summed E-state index contributed by atoms with van der Waals surface area (Å²) < 4.78 is 13.2. The van der Waals surface area contributed by atoms with Gasteiger partial charge in [0.2, 0.25) is 0 Å². The smallest absolute Gasteiger partial charge is 0.253 e. The number of nitrogens with one attached hydrogen (secondary N) is 1. The van der Waals surface area contributed by atoms with Gasteiger partial charge in [0.15, 0.2) is 17.3 Å². The predicted molar refractivity (Wildman–Crippen MR) is 122 cm³/mol. The molecule has 1 saturated heterocycles. The first-order valence-electron chi connectivity index (χ1n) is 11.5. The minimum atomic E-state index is -0.445. The third kappa shape index (κ3) is 3.97. The minimum absolute atomic E-state index is 0.195. The van der Waals surface area contributed by atoms with Crippen molar-refractivity contribution in [1.29, 1.82) is 0 Å². The van der Waals surface area contributed by atoms with E-state index in [9.17, 15) is 9.90 Å². The van der Waals surface area contributed by atoms with E-state index in [1.165, 1.54) is 0 Å². The van der Waals surface area contributed by atoms with Crippen molar-refractivity contribution in [3.63, 3.8) is 0 Å². The molecule has 0 bridgehead atoms. The van der Waals surface area contributed by atoms with E-state index < -0.39 is 6.04 Å². The summed E-state index contributed by atoms with van der Waals surface area (Å²) in [6.45, 7) is 8.52. The molecule has 33 heavy (non-hydrogen) atoms. The Morgan fingerprint density at radius 2 is 1.88 bits per heavy atom. The van der Waals surface area contributed by atoms with Crippen molar-refractivity contribution in [3.8, 4) is 11.5 Å². The lowest BCUT2D eigenvalue weighted by molar-refractivity contribution is 0.0644. The monoisotopic (exact) mass is 454 g/mol. The van der Waals surface area contributed by atoms with Crippen LogP contribution >= 0.6 is 0 Å². The number of hydrogen-bond acceptors (Lipinski definition) is 8. The number of nitrogens with zero attached hydrogens (tertiary/aromatic N) is 5. The molecule has 10 heteroatoms. The Labute approximate surface area is 191 Å². The normalized spacial score (nSPS) is 18.5. The highest BCUT2D eigenvalue weighted by atomic mass is 16.6. The van der Waals surface area contributed by atoms with Crippen molar-refractivity contribution in [2.24, 2.45) is 0 Å². The summed E-state index contributed by atoms with van der Waals surface area (Å²) in [4.78, 5) is 18.6. The summed E-state index contributed by atoms with van der Waals surface area (Å²) in [5, 5.41) is 23.6. The molecule has 10 nitrogen and oxygen atoms in total. The van der Waals surface area contributed by atoms with Crippen LogP contribution in [-0.2, 0) is 5.54 Å². The van der Waals surface area contributed by atoms with Gasteiger partial charge in [-0.3, -0.25) is 9.69 Å². The fourth-order valence-electron chi connectivity index (χ4n) is 4.55. The molecule has 1 unspecified atom stereocenters. The molecule has 0 spiro atoms. The maximum Gasteiger partial charge on any atom is 0.253 e. The Kier molecular flexibility index (Phi) is 5.57. The highest BCUT2D eigenvalue weighted by Crippen LogP contribution is 2.36. The van der Waals surface area contributed by atoms with Crippen molar-refractivity contribution in [1.82, 2.24) is 30.1 Å². The standard InChI is InChI=1S/C23H30N6O4/c1-4-23(2,3)29-21(25-26-27-29)20(28-7-5-15(30)6-8-28)16-11-14-12-18-19(33-10-9-32-18)13-17(14)24-22(16)31/h11-13,15,20,30H,4-10H2,1-3H3,(H,24,31). The second kappa shape index (κ2) is 8.42. The van der Waals surface area contributed by atoms with Gasteiger partial charge in [0.1, 0.15) is 19.3 Å². The van der Waals surface area contributed by atoms with Crippen LogP contribution in [0.1, 0.15) is 57.5 Å². The molecule has 2 aliphatic heterocycles. The van der Waals surface area contributed by atoms with Gasteiger partial charge < -0.3 is 19.6 Å². The molecule has 3 aromatic rings. The second-order valence-electron chi connectivity index (χ2n) is 9.42. The van der Waals surface area contributed by atoms with Gasteiger partial charge in [-0.05, 0) is 55.7 Å². The molecule has 2 aliphatic rings. The molecule has 2 aromatic heterocycles. The highest BCUT2D eigenvalue weighted by molar-refractivity contribution is 5.83. The van der Waals surface area contributed by atoms with Crippen LogP contribution in [0.2, 0.25) is 0 Å². The molecule has 1 fully saturated rings. The van der Waals surface area contributed by atoms with Crippen LogP contribution < -0.4 is 15.0 Å². The molecule has 0 aliphatic carbocycles. The summed E-state index contributed by atoms with van der Waals surface area (Å²) in [5.41, 5.74) is 0.743. The van der Waals surface area contributed by atoms with Gasteiger partial charge in [-0.2, -0.15) is 0 Å². The number of ether oxygens (including phenoxy) is 2. The first-order chi connectivity index (χ1) is 15.9. The molecular weight excluding hydrogens is 424 g/mol. The number of hydrogen-bond donors (Lipinski definition) is 2. The molecule has 4 heterocycles. The number of H-pyrrole nitrogens is 1. The lowest BCUT2D eigenvalue weighted by Gasteiger charge is -2.36. The number of rotatable bonds is 5. The van der Waals surface area contributed by atoms with Gasteiger partial charge in [0.05, 0.1) is 17.2 Å². The van der Waals surface area contributed by atoms with Gasteiger partial charge in [-0.15, -0.1) is 5.10 Å². The number of likely N-dealkylation sites (tertiary alicyclic amines) is 1. The van der Waals surface area contributed by atoms with Gasteiger partial charge in [0, 0.05) is 30.1 Å². The molecule has 1 aromatic carbocycles. The Morgan fingerprint density at radius 3 is 2.58 bits per heavy atom. The van der Waals surface area contributed by atoms with Gasteiger partial charge in [-0.25, -0.2) is 4.68 Å². The van der Waals surface area contributed by atoms with Crippen LogP contribution in [0.15, 0.2) is 23.0 Å². The summed E-state index contributed by atoms with van der Waals surface area (Å²) in [6, 6.07) is 5.17. The predicted octanol–water partition coefficient (Wildman–Crippen LogP) is 1.98. The maximum absolute atomic E-state index is 13.4. The highest BCUT2D eigenvalue weighted by Gasteiger charge is 2.35. The van der Waals surface area contributed by atoms with Crippen molar-refractivity contribution in [2.45, 2.75) is 57.7 Å². The quantitative estimate of drug-likeness (QED) is 0.601. The fraction of sp³-hybridized carbons (Fsp3) is 0.565. The molecule has 2 N–H and O–H groups in total. The van der Waals surface area contributed by atoms with Crippen LogP contribution in [0.5, 0.6) is 11.5 Å². The Bertz CT molecular complexity index is 1210. The van der Waals surface area contributed by atoms with E-state index in [0.717, 1.165) is 11.8 Å². The number of benzene rings is 1. The summed E-state index contributed by atoms with van der Waals surface area (Å²) in [5.74, 6) is 1.93. The van der Waals surface area contributed by atoms with Crippen LogP contribution in [0, 0.1) is 0 Å². The molecule has 176 valence electrons. The number of fused-ring (bicyclic) bond motifs is 2. The van der Waals surface area contributed by atoms with Crippen LogP contribution in [0.3, 0.4) is 0 Å². The van der Waals surface area contributed by atoms with Crippen LogP contribution in [-0.4, -0.2) is 67.6 Å². The van der Waals surface area contributed by atoms with Crippen molar-refractivity contribution < 1.29 is 14.6 Å². The first kappa shape index (κ1) is 21.8. The fourth-order valence-corrected chi connectivity index (χ4v) is 4.55. The molecule has 1 atom stereocenters. The lowest BCUT2D eigenvalue weighted by atomic mass is 9.97. The first-order valence-corrected chi connectivity index (χ1v) is 11.5. The molecule has 0 amide bonds. The van der Waals surface area contributed by atoms with Crippen molar-refractivity contribution >= 4 is 10.9 Å². The summed E-state index contributed by atoms with van der Waals surface area (Å²) in [7, 11) is 0. The third-order valence-corrected chi connectivity index (χ3v) is 6.87. The number of aromatic amines is 1. The summed E-state index contributed by atoms with van der Waals surface area (Å²) in [6.07, 6.45) is 1.77. The van der Waals surface area contributed by atoms with E-state index in [2.05, 4.69) is 46.2 Å². The molecular formula is C23H30N6O4. The minimum Gasteiger partial charge on any atom is -0.486 e. The number of tetrazole rings is 1. The lowest BCUT2D eigenvalue weighted by Crippen LogP contribution is -2.43.